The van der Waals surface area contributed by atoms with Crippen molar-refractivity contribution in [1.29, 1.82) is 0 Å². The summed E-state index contributed by atoms with van der Waals surface area (Å²) in [6.45, 7) is 0. The van der Waals surface area contributed by atoms with Crippen LogP contribution in [0.4, 0.5) is 15.8 Å². The molecule has 2 aromatic rings. The van der Waals surface area contributed by atoms with E-state index in [1.165, 1.54) is 12.1 Å². The first kappa shape index (κ1) is 14.3. The molecule has 0 aromatic heterocycles. The van der Waals surface area contributed by atoms with Crippen LogP contribution in [-0.2, 0) is 11.2 Å². The van der Waals surface area contributed by atoms with Crippen LogP contribution in [0.25, 0.3) is 0 Å². The zero-order valence-electron chi connectivity index (χ0n) is 10.7. The first-order valence-electron chi connectivity index (χ1n) is 6.14. The number of carbonyl (C=O) groups excluding carboxylic acids is 1. The van der Waals surface area contributed by atoms with Gasteiger partial charge in [-0.05, 0) is 36.2 Å². The summed E-state index contributed by atoms with van der Waals surface area (Å²) in [5, 5.41) is 2.49. The van der Waals surface area contributed by atoms with Gasteiger partial charge in [0.25, 0.3) is 0 Å². The molecule has 3 nitrogen and oxygen atoms in total. The second-order valence-corrected chi connectivity index (χ2v) is 4.80. The summed E-state index contributed by atoms with van der Waals surface area (Å²) in [6.07, 6.45) is 0.786. The van der Waals surface area contributed by atoms with E-state index in [0.717, 1.165) is 5.56 Å². The molecule has 0 aliphatic heterocycles. The van der Waals surface area contributed by atoms with E-state index in [1.807, 2.05) is 18.2 Å². The fourth-order valence-corrected chi connectivity index (χ4v) is 1.99. The number of anilines is 2. The summed E-state index contributed by atoms with van der Waals surface area (Å²) in [4.78, 5) is 11.8. The Labute approximate surface area is 121 Å². The van der Waals surface area contributed by atoms with E-state index in [0.29, 0.717) is 12.1 Å². The van der Waals surface area contributed by atoms with E-state index in [-0.39, 0.29) is 23.0 Å². The van der Waals surface area contributed by atoms with Gasteiger partial charge in [-0.2, -0.15) is 0 Å². The molecule has 0 saturated carbocycles. The molecule has 2 rings (SSSR count). The van der Waals surface area contributed by atoms with Gasteiger partial charge in [0.15, 0.2) is 5.82 Å². The standard InChI is InChI=1S/C15H14ClFN2O/c16-12-5-2-6-13(15(12)17)19-14(20)8-7-10-3-1-4-11(18)9-10/h1-6,9H,7-8,18H2,(H,19,20). The van der Waals surface area contributed by atoms with Gasteiger partial charge in [-0.25, -0.2) is 4.39 Å². The van der Waals surface area contributed by atoms with Gasteiger partial charge in [-0.15, -0.1) is 0 Å². The van der Waals surface area contributed by atoms with Crippen molar-refractivity contribution in [1.82, 2.24) is 0 Å². The molecule has 20 heavy (non-hydrogen) atoms. The van der Waals surface area contributed by atoms with Crippen LogP contribution in [0, 0.1) is 5.82 Å². The number of nitrogen functional groups attached to an aromatic ring is 1. The average molecular weight is 293 g/mol. The molecule has 0 fully saturated rings. The minimum atomic E-state index is -0.619. The zero-order chi connectivity index (χ0) is 14.5. The van der Waals surface area contributed by atoms with Gasteiger partial charge >= 0.3 is 0 Å². The molecule has 0 heterocycles. The summed E-state index contributed by atoms with van der Waals surface area (Å²) in [5.74, 6) is -0.889. The predicted octanol–water partition coefficient (Wildman–Crippen LogP) is 3.63. The molecule has 0 spiro atoms. The first-order chi connectivity index (χ1) is 9.56. The van der Waals surface area contributed by atoms with E-state index in [9.17, 15) is 9.18 Å². The van der Waals surface area contributed by atoms with Gasteiger partial charge in [0.2, 0.25) is 5.91 Å². The molecule has 0 aliphatic rings. The van der Waals surface area contributed by atoms with Crippen molar-refractivity contribution in [2.24, 2.45) is 0 Å². The topological polar surface area (TPSA) is 55.1 Å². The zero-order valence-corrected chi connectivity index (χ0v) is 11.5. The molecule has 0 unspecified atom stereocenters. The third-order valence-corrected chi connectivity index (χ3v) is 3.11. The highest BCUT2D eigenvalue weighted by atomic mass is 35.5. The van der Waals surface area contributed by atoms with E-state index in [4.69, 9.17) is 17.3 Å². The number of aryl methyl sites for hydroxylation is 1. The molecule has 104 valence electrons. The Morgan fingerprint density at radius 2 is 2.00 bits per heavy atom. The number of rotatable bonds is 4. The van der Waals surface area contributed by atoms with Crippen LogP contribution < -0.4 is 11.1 Å². The summed E-state index contributed by atoms with van der Waals surface area (Å²) in [7, 11) is 0. The molecule has 0 radical (unpaired) electrons. The van der Waals surface area contributed by atoms with Crippen LogP contribution in [0.5, 0.6) is 0 Å². The van der Waals surface area contributed by atoms with Gasteiger partial charge < -0.3 is 11.1 Å². The molecule has 0 saturated heterocycles. The summed E-state index contributed by atoms with van der Waals surface area (Å²) in [5.41, 5.74) is 7.37. The van der Waals surface area contributed by atoms with Crippen LogP contribution >= 0.6 is 11.6 Å². The lowest BCUT2D eigenvalue weighted by atomic mass is 10.1. The highest BCUT2D eigenvalue weighted by Gasteiger charge is 2.09. The highest BCUT2D eigenvalue weighted by Crippen LogP contribution is 2.22. The van der Waals surface area contributed by atoms with Gasteiger partial charge in [-0.3, -0.25) is 4.79 Å². The van der Waals surface area contributed by atoms with Crippen LogP contribution in [0.3, 0.4) is 0 Å². The average Bonchev–Trinajstić information content (AvgIpc) is 2.42. The van der Waals surface area contributed by atoms with Crippen LogP contribution in [0.2, 0.25) is 5.02 Å². The maximum absolute atomic E-state index is 13.6. The number of hydrogen-bond donors (Lipinski definition) is 2. The lowest BCUT2D eigenvalue weighted by molar-refractivity contribution is -0.116. The number of amides is 1. The first-order valence-corrected chi connectivity index (χ1v) is 6.52. The summed E-state index contributed by atoms with van der Waals surface area (Å²) in [6, 6.07) is 11.8. The third kappa shape index (κ3) is 3.71. The van der Waals surface area contributed by atoms with Gasteiger partial charge in [0.1, 0.15) is 0 Å². The van der Waals surface area contributed by atoms with Crippen molar-refractivity contribution in [3.8, 4) is 0 Å². The minimum Gasteiger partial charge on any atom is -0.399 e. The second kappa shape index (κ2) is 6.39. The lowest BCUT2D eigenvalue weighted by Gasteiger charge is -2.07. The van der Waals surface area contributed by atoms with Crippen molar-refractivity contribution >= 4 is 28.9 Å². The Bertz CT molecular complexity index is 631. The van der Waals surface area contributed by atoms with Gasteiger partial charge in [0.05, 0.1) is 10.7 Å². The molecular weight excluding hydrogens is 279 g/mol. The maximum Gasteiger partial charge on any atom is 0.224 e. The number of hydrogen-bond acceptors (Lipinski definition) is 2. The number of nitrogens with one attached hydrogen (secondary N) is 1. The molecular formula is C15H14ClFN2O. The van der Waals surface area contributed by atoms with E-state index in [1.54, 1.807) is 12.1 Å². The number of benzene rings is 2. The molecule has 0 atom stereocenters. The smallest absolute Gasteiger partial charge is 0.224 e. The fraction of sp³-hybridized carbons (Fsp3) is 0.133. The maximum atomic E-state index is 13.6. The van der Waals surface area contributed by atoms with E-state index in [2.05, 4.69) is 5.32 Å². The molecule has 5 heteroatoms. The molecule has 2 aromatic carbocycles. The van der Waals surface area contributed by atoms with Crippen LogP contribution in [0.15, 0.2) is 42.5 Å². The Hall–Kier alpha value is -2.07. The van der Waals surface area contributed by atoms with Crippen molar-refractivity contribution in [3.63, 3.8) is 0 Å². The van der Waals surface area contributed by atoms with Crippen molar-refractivity contribution in [2.45, 2.75) is 12.8 Å². The molecule has 1 amide bonds. The van der Waals surface area contributed by atoms with E-state index >= 15 is 0 Å². The van der Waals surface area contributed by atoms with E-state index < -0.39 is 5.82 Å². The fourth-order valence-electron chi connectivity index (χ4n) is 1.82. The minimum absolute atomic E-state index is 0.0152. The largest absolute Gasteiger partial charge is 0.399 e. The SMILES string of the molecule is Nc1cccc(CCC(=O)Nc2cccc(Cl)c2F)c1. The number of nitrogens with two attached hydrogens (primary N) is 1. The van der Waals surface area contributed by atoms with Crippen molar-refractivity contribution in [3.05, 3.63) is 58.9 Å². The predicted molar refractivity (Wildman–Crippen MR) is 79.2 cm³/mol. The summed E-state index contributed by atoms with van der Waals surface area (Å²) < 4.78 is 13.6. The Morgan fingerprint density at radius 1 is 1.25 bits per heavy atom. The second-order valence-electron chi connectivity index (χ2n) is 4.39. The monoisotopic (exact) mass is 292 g/mol. The number of carbonyl (C=O) groups is 1. The van der Waals surface area contributed by atoms with Crippen molar-refractivity contribution < 1.29 is 9.18 Å². The quantitative estimate of drug-likeness (QED) is 0.846. The van der Waals surface area contributed by atoms with Gasteiger partial charge in [0, 0.05) is 12.1 Å². The van der Waals surface area contributed by atoms with Gasteiger partial charge in [-0.1, -0.05) is 29.8 Å². The third-order valence-electron chi connectivity index (χ3n) is 2.82. The molecule has 0 bridgehead atoms. The lowest BCUT2D eigenvalue weighted by Crippen LogP contribution is -2.13. The normalized spacial score (nSPS) is 10.3. The Kier molecular flexibility index (Phi) is 4.58. The Balaban J connectivity index is 1.94. The van der Waals surface area contributed by atoms with Crippen LogP contribution in [0.1, 0.15) is 12.0 Å². The highest BCUT2D eigenvalue weighted by molar-refractivity contribution is 6.31. The summed E-state index contributed by atoms with van der Waals surface area (Å²) >= 11 is 5.65. The van der Waals surface area contributed by atoms with Crippen LogP contribution in [-0.4, -0.2) is 5.91 Å². The molecule has 0 aliphatic carbocycles. The Morgan fingerprint density at radius 3 is 2.75 bits per heavy atom. The number of halogens is 2. The molecule has 3 N–H and O–H groups in total. The van der Waals surface area contributed by atoms with Crippen molar-refractivity contribution in [2.75, 3.05) is 11.1 Å².